The summed E-state index contributed by atoms with van der Waals surface area (Å²) < 4.78 is 13.8. The summed E-state index contributed by atoms with van der Waals surface area (Å²) >= 11 is 0. The minimum atomic E-state index is -0.616. The zero-order chi connectivity index (χ0) is 17.7. The smallest absolute Gasteiger partial charge is 0.254 e. The highest BCUT2D eigenvalue weighted by atomic mass is 19.1. The Morgan fingerprint density at radius 1 is 1.08 bits per heavy atom. The molecule has 132 valence electrons. The molecule has 3 fully saturated rings. The molecule has 0 radical (unpaired) electrons. The van der Waals surface area contributed by atoms with E-state index in [1.54, 1.807) is 33.8 Å². The number of halogens is 1. The van der Waals surface area contributed by atoms with Crippen molar-refractivity contribution in [2.45, 2.75) is 31.8 Å². The van der Waals surface area contributed by atoms with Gasteiger partial charge in [0.05, 0.1) is 6.54 Å². The molecule has 0 aliphatic carbocycles. The van der Waals surface area contributed by atoms with Crippen LogP contribution in [0.15, 0.2) is 18.2 Å². The summed E-state index contributed by atoms with van der Waals surface area (Å²) in [5, 5.41) is 0. The Morgan fingerprint density at radius 2 is 1.80 bits per heavy atom. The Labute approximate surface area is 145 Å². The quantitative estimate of drug-likeness (QED) is 0.756. The zero-order valence-electron chi connectivity index (χ0n) is 14.1. The van der Waals surface area contributed by atoms with E-state index in [1.807, 2.05) is 0 Å². The van der Waals surface area contributed by atoms with E-state index in [0.717, 1.165) is 12.8 Å². The van der Waals surface area contributed by atoms with Crippen LogP contribution in [0.5, 0.6) is 0 Å². The molecule has 3 heterocycles. The number of carbonyl (C=O) groups is 3. The number of carbonyl (C=O) groups excluding carboxylic acids is 3. The first kappa shape index (κ1) is 16.1. The lowest BCUT2D eigenvalue weighted by atomic mass is 10.0. The molecule has 0 bridgehead atoms. The van der Waals surface area contributed by atoms with Gasteiger partial charge in [-0.3, -0.25) is 14.4 Å². The van der Waals surface area contributed by atoms with Crippen LogP contribution < -0.4 is 0 Å². The molecule has 3 amide bonds. The molecule has 6 nitrogen and oxygen atoms in total. The number of aryl methyl sites for hydroxylation is 1. The van der Waals surface area contributed by atoms with Gasteiger partial charge in [-0.1, -0.05) is 6.07 Å². The van der Waals surface area contributed by atoms with Gasteiger partial charge in [0.1, 0.15) is 17.9 Å². The van der Waals surface area contributed by atoms with Crippen LogP contribution in [0.3, 0.4) is 0 Å². The first-order valence-corrected chi connectivity index (χ1v) is 8.64. The van der Waals surface area contributed by atoms with Crippen molar-refractivity contribution in [3.05, 3.63) is 35.1 Å². The van der Waals surface area contributed by atoms with Crippen molar-refractivity contribution in [1.29, 1.82) is 0 Å². The summed E-state index contributed by atoms with van der Waals surface area (Å²) in [5.74, 6) is -0.805. The first-order valence-electron chi connectivity index (χ1n) is 8.64. The van der Waals surface area contributed by atoms with E-state index < -0.39 is 11.9 Å². The summed E-state index contributed by atoms with van der Waals surface area (Å²) in [4.78, 5) is 42.8. The standard InChI is InChI=1S/C18H20FN3O3/c1-11-4-5-12(9-13(11)19)16(23)20-7-8-22-15(10-20)18(25)21-6-2-3-14(21)17(22)24/h4-5,9,14-15H,2-3,6-8,10H2,1H3/t14-,15-/m1/s1. The van der Waals surface area contributed by atoms with Gasteiger partial charge in [0.2, 0.25) is 11.8 Å². The van der Waals surface area contributed by atoms with Crippen LogP contribution in [-0.4, -0.2) is 70.7 Å². The van der Waals surface area contributed by atoms with Crippen LogP contribution >= 0.6 is 0 Å². The topological polar surface area (TPSA) is 60.9 Å². The molecule has 2 atom stereocenters. The maximum atomic E-state index is 13.8. The van der Waals surface area contributed by atoms with Gasteiger partial charge in [-0.05, 0) is 37.5 Å². The fourth-order valence-electron chi connectivity index (χ4n) is 4.02. The fourth-order valence-corrected chi connectivity index (χ4v) is 4.02. The minimum absolute atomic E-state index is 0.00409. The lowest BCUT2D eigenvalue weighted by molar-refractivity contribution is -0.162. The molecule has 4 rings (SSSR count). The first-order chi connectivity index (χ1) is 12.0. The second-order valence-corrected chi connectivity index (χ2v) is 6.95. The molecule has 25 heavy (non-hydrogen) atoms. The zero-order valence-corrected chi connectivity index (χ0v) is 14.1. The molecule has 3 aliphatic heterocycles. The Bertz CT molecular complexity index is 766. The Hall–Kier alpha value is -2.44. The highest BCUT2D eigenvalue weighted by molar-refractivity contribution is 5.99. The number of piperazine rings is 2. The lowest BCUT2D eigenvalue weighted by Crippen LogP contribution is -2.69. The SMILES string of the molecule is Cc1ccc(C(=O)N2CCN3C(=O)[C@H]4CCCN4C(=O)[C@H]3C2)cc1F. The van der Waals surface area contributed by atoms with Crippen LogP contribution in [0, 0.1) is 12.7 Å². The van der Waals surface area contributed by atoms with E-state index in [0.29, 0.717) is 25.2 Å². The van der Waals surface area contributed by atoms with E-state index in [-0.39, 0.29) is 35.9 Å². The van der Waals surface area contributed by atoms with Gasteiger partial charge in [0.15, 0.2) is 0 Å². The number of benzene rings is 1. The Morgan fingerprint density at radius 3 is 2.56 bits per heavy atom. The monoisotopic (exact) mass is 345 g/mol. The molecule has 3 saturated heterocycles. The predicted octanol–water partition coefficient (Wildman–Crippen LogP) is 0.792. The normalized spacial score (nSPS) is 25.9. The van der Waals surface area contributed by atoms with Gasteiger partial charge in [0.25, 0.3) is 5.91 Å². The van der Waals surface area contributed by atoms with Gasteiger partial charge in [-0.2, -0.15) is 0 Å². The van der Waals surface area contributed by atoms with Crippen molar-refractivity contribution in [2.24, 2.45) is 0 Å². The van der Waals surface area contributed by atoms with Crippen molar-refractivity contribution in [3.8, 4) is 0 Å². The van der Waals surface area contributed by atoms with E-state index in [2.05, 4.69) is 0 Å². The molecule has 0 aromatic heterocycles. The van der Waals surface area contributed by atoms with Crippen LogP contribution in [0.25, 0.3) is 0 Å². The van der Waals surface area contributed by atoms with Gasteiger partial charge in [-0.15, -0.1) is 0 Å². The number of nitrogens with zero attached hydrogens (tertiary/aromatic N) is 3. The maximum Gasteiger partial charge on any atom is 0.254 e. The number of rotatable bonds is 1. The summed E-state index contributed by atoms with van der Waals surface area (Å²) in [6.45, 7) is 3.12. The Kier molecular flexibility index (Phi) is 3.74. The van der Waals surface area contributed by atoms with E-state index >= 15 is 0 Å². The van der Waals surface area contributed by atoms with E-state index in [1.165, 1.54) is 6.07 Å². The molecule has 0 saturated carbocycles. The molecule has 0 N–H and O–H groups in total. The van der Waals surface area contributed by atoms with Crippen molar-refractivity contribution in [1.82, 2.24) is 14.7 Å². The summed E-state index contributed by atoms with van der Waals surface area (Å²) in [5.41, 5.74) is 0.750. The van der Waals surface area contributed by atoms with Crippen molar-refractivity contribution in [2.75, 3.05) is 26.2 Å². The van der Waals surface area contributed by atoms with Crippen LogP contribution in [0.1, 0.15) is 28.8 Å². The maximum absolute atomic E-state index is 13.8. The largest absolute Gasteiger partial charge is 0.334 e. The fraction of sp³-hybridized carbons (Fsp3) is 0.500. The third-order valence-electron chi connectivity index (χ3n) is 5.48. The summed E-state index contributed by atoms with van der Waals surface area (Å²) in [7, 11) is 0. The Balaban J connectivity index is 1.55. The minimum Gasteiger partial charge on any atom is -0.334 e. The van der Waals surface area contributed by atoms with E-state index in [4.69, 9.17) is 0 Å². The van der Waals surface area contributed by atoms with Crippen LogP contribution in [-0.2, 0) is 9.59 Å². The van der Waals surface area contributed by atoms with Crippen molar-refractivity contribution < 1.29 is 18.8 Å². The number of hydrogen-bond donors (Lipinski definition) is 0. The van der Waals surface area contributed by atoms with Crippen molar-refractivity contribution in [3.63, 3.8) is 0 Å². The third kappa shape index (κ3) is 2.49. The molecule has 1 aromatic rings. The van der Waals surface area contributed by atoms with Gasteiger partial charge in [0, 0.05) is 25.2 Å². The average molecular weight is 345 g/mol. The van der Waals surface area contributed by atoms with Crippen LogP contribution in [0.2, 0.25) is 0 Å². The molecular formula is C18H20FN3O3. The molecular weight excluding hydrogens is 325 g/mol. The van der Waals surface area contributed by atoms with Gasteiger partial charge < -0.3 is 14.7 Å². The second kappa shape index (κ2) is 5.82. The highest BCUT2D eigenvalue weighted by Gasteiger charge is 2.49. The lowest BCUT2D eigenvalue weighted by Gasteiger charge is -2.47. The molecule has 0 unspecified atom stereocenters. The van der Waals surface area contributed by atoms with Gasteiger partial charge in [-0.25, -0.2) is 4.39 Å². The molecule has 1 aromatic carbocycles. The average Bonchev–Trinajstić information content (AvgIpc) is 3.11. The predicted molar refractivity (Wildman–Crippen MR) is 87.3 cm³/mol. The summed E-state index contributed by atoms with van der Waals surface area (Å²) in [6, 6.07) is 3.46. The number of fused-ring (bicyclic) bond motifs is 2. The summed E-state index contributed by atoms with van der Waals surface area (Å²) in [6.07, 6.45) is 1.56. The molecule has 0 spiro atoms. The van der Waals surface area contributed by atoms with E-state index in [9.17, 15) is 18.8 Å². The highest BCUT2D eigenvalue weighted by Crippen LogP contribution is 2.29. The van der Waals surface area contributed by atoms with Crippen molar-refractivity contribution >= 4 is 17.7 Å². The molecule has 3 aliphatic rings. The number of hydrogen-bond acceptors (Lipinski definition) is 3. The van der Waals surface area contributed by atoms with Crippen LogP contribution in [0.4, 0.5) is 4.39 Å². The van der Waals surface area contributed by atoms with Gasteiger partial charge >= 0.3 is 0 Å². The number of amides is 3. The second-order valence-electron chi connectivity index (χ2n) is 6.95. The third-order valence-corrected chi connectivity index (χ3v) is 5.48. The molecule has 7 heteroatoms.